The van der Waals surface area contributed by atoms with Crippen molar-refractivity contribution in [3.8, 4) is 5.75 Å². The van der Waals surface area contributed by atoms with Gasteiger partial charge in [0.05, 0.1) is 0 Å². The number of ether oxygens (including phenoxy) is 1. The maximum absolute atomic E-state index is 11.3. The summed E-state index contributed by atoms with van der Waals surface area (Å²) in [6.07, 6.45) is 5.80. The first-order valence-corrected chi connectivity index (χ1v) is 7.23. The van der Waals surface area contributed by atoms with Crippen LogP contribution in [-0.2, 0) is 4.79 Å². The van der Waals surface area contributed by atoms with Gasteiger partial charge in [0.15, 0.2) is 0 Å². The molecule has 1 fully saturated rings. The Hall–Kier alpha value is -1.22. The number of hydrogen-bond donors (Lipinski definition) is 1. The molecule has 0 saturated heterocycles. The number of carbonyl (C=O) groups excluding carboxylic acids is 1. The first-order valence-electron chi connectivity index (χ1n) is 6.85. The number of benzene rings is 1. The summed E-state index contributed by atoms with van der Waals surface area (Å²) in [6.45, 7) is 0. The minimum absolute atomic E-state index is 0.0824. The summed E-state index contributed by atoms with van der Waals surface area (Å²) in [5.41, 5.74) is 6.34. The second-order valence-corrected chi connectivity index (χ2v) is 6.18. The van der Waals surface area contributed by atoms with Crippen LogP contribution in [-0.4, -0.2) is 11.5 Å². The van der Waals surface area contributed by atoms with Crippen LogP contribution < -0.4 is 10.5 Å². The standard InChI is InChI=1S/C15H18ClNO2/c16-11-3-4-13-12(8-11)10(7-14(17)18)9-15(19-13)5-1-2-6-15/h3-4,8,10H,1-2,5-7,9H2,(H2,17,18). The topological polar surface area (TPSA) is 52.3 Å². The molecule has 1 aliphatic heterocycles. The molecule has 3 nitrogen and oxygen atoms in total. The number of fused-ring (bicyclic) bond motifs is 1. The number of amides is 1. The third-order valence-corrected chi connectivity index (χ3v) is 4.55. The minimum Gasteiger partial charge on any atom is -0.487 e. The highest BCUT2D eigenvalue weighted by Crippen LogP contribution is 2.49. The summed E-state index contributed by atoms with van der Waals surface area (Å²) in [6, 6.07) is 5.67. The second kappa shape index (κ2) is 4.71. The average molecular weight is 280 g/mol. The number of primary amides is 1. The van der Waals surface area contributed by atoms with E-state index in [4.69, 9.17) is 22.1 Å². The van der Waals surface area contributed by atoms with E-state index in [-0.39, 0.29) is 17.4 Å². The Labute approximate surface area is 118 Å². The molecule has 1 unspecified atom stereocenters. The molecule has 0 radical (unpaired) electrons. The summed E-state index contributed by atoms with van der Waals surface area (Å²) in [5, 5.41) is 0.680. The molecule has 1 atom stereocenters. The molecule has 19 heavy (non-hydrogen) atoms. The Morgan fingerprint density at radius 3 is 2.84 bits per heavy atom. The normalized spacial score (nSPS) is 23.9. The van der Waals surface area contributed by atoms with Gasteiger partial charge < -0.3 is 10.5 Å². The molecule has 2 N–H and O–H groups in total. The third-order valence-electron chi connectivity index (χ3n) is 4.32. The molecule has 1 spiro atoms. The van der Waals surface area contributed by atoms with Gasteiger partial charge in [-0.25, -0.2) is 0 Å². The maximum atomic E-state index is 11.3. The number of carbonyl (C=O) groups is 1. The zero-order valence-corrected chi connectivity index (χ0v) is 11.6. The molecule has 1 amide bonds. The molecule has 3 rings (SSSR count). The fourth-order valence-electron chi connectivity index (χ4n) is 3.52. The summed E-state index contributed by atoms with van der Waals surface area (Å²) in [4.78, 5) is 11.3. The van der Waals surface area contributed by atoms with Gasteiger partial charge in [0.1, 0.15) is 11.4 Å². The van der Waals surface area contributed by atoms with Crippen LogP contribution in [0.15, 0.2) is 18.2 Å². The van der Waals surface area contributed by atoms with Gasteiger partial charge in [0.2, 0.25) is 5.91 Å². The van der Waals surface area contributed by atoms with Crippen molar-refractivity contribution in [1.29, 1.82) is 0 Å². The van der Waals surface area contributed by atoms with Crippen LogP contribution in [0.4, 0.5) is 0 Å². The number of halogens is 1. The third kappa shape index (κ3) is 2.44. The van der Waals surface area contributed by atoms with Gasteiger partial charge in [-0.3, -0.25) is 4.79 Å². The minimum atomic E-state index is -0.258. The second-order valence-electron chi connectivity index (χ2n) is 5.75. The van der Waals surface area contributed by atoms with E-state index in [0.29, 0.717) is 11.4 Å². The van der Waals surface area contributed by atoms with Crippen molar-refractivity contribution >= 4 is 17.5 Å². The van der Waals surface area contributed by atoms with Crippen LogP contribution in [0.5, 0.6) is 5.75 Å². The van der Waals surface area contributed by atoms with E-state index in [1.807, 2.05) is 18.2 Å². The van der Waals surface area contributed by atoms with Crippen molar-refractivity contribution in [2.45, 2.75) is 50.0 Å². The van der Waals surface area contributed by atoms with E-state index in [1.165, 1.54) is 12.8 Å². The van der Waals surface area contributed by atoms with Gasteiger partial charge in [-0.05, 0) is 55.9 Å². The SMILES string of the molecule is NC(=O)CC1CC2(CCCC2)Oc2ccc(Cl)cc21. The Morgan fingerprint density at radius 1 is 1.42 bits per heavy atom. The van der Waals surface area contributed by atoms with Crippen molar-refractivity contribution in [1.82, 2.24) is 0 Å². The van der Waals surface area contributed by atoms with Gasteiger partial charge in [-0.2, -0.15) is 0 Å². The number of nitrogens with two attached hydrogens (primary N) is 1. The van der Waals surface area contributed by atoms with Crippen LogP contribution >= 0.6 is 11.6 Å². The monoisotopic (exact) mass is 279 g/mol. The Morgan fingerprint density at radius 2 is 2.16 bits per heavy atom. The lowest BCUT2D eigenvalue weighted by molar-refractivity contribution is -0.118. The smallest absolute Gasteiger partial charge is 0.218 e. The molecule has 102 valence electrons. The Bertz CT molecular complexity index is 509. The van der Waals surface area contributed by atoms with E-state index in [9.17, 15) is 4.79 Å². The predicted octanol–water partition coefficient (Wildman–Crippen LogP) is 3.39. The largest absolute Gasteiger partial charge is 0.487 e. The summed E-state index contributed by atoms with van der Waals surface area (Å²) in [5.74, 6) is 0.757. The quantitative estimate of drug-likeness (QED) is 0.902. The molecular formula is C15H18ClNO2. The van der Waals surface area contributed by atoms with Gasteiger partial charge in [-0.15, -0.1) is 0 Å². The first kappa shape index (κ1) is 12.8. The van der Waals surface area contributed by atoms with Crippen molar-refractivity contribution in [3.63, 3.8) is 0 Å². The average Bonchev–Trinajstić information content (AvgIpc) is 2.78. The number of hydrogen-bond acceptors (Lipinski definition) is 2. The van der Waals surface area contributed by atoms with Crippen molar-refractivity contribution in [2.75, 3.05) is 0 Å². The summed E-state index contributed by atoms with van der Waals surface area (Å²) < 4.78 is 6.24. The van der Waals surface area contributed by atoms with E-state index in [2.05, 4.69) is 0 Å². The van der Waals surface area contributed by atoms with E-state index >= 15 is 0 Å². The Balaban J connectivity index is 1.98. The van der Waals surface area contributed by atoms with Crippen molar-refractivity contribution in [3.05, 3.63) is 28.8 Å². The van der Waals surface area contributed by atoms with Crippen LogP contribution in [0.1, 0.15) is 50.0 Å². The fourth-order valence-corrected chi connectivity index (χ4v) is 3.70. The van der Waals surface area contributed by atoms with Crippen LogP contribution in [0.25, 0.3) is 0 Å². The molecule has 0 aromatic heterocycles. The fraction of sp³-hybridized carbons (Fsp3) is 0.533. The zero-order chi connectivity index (χ0) is 13.5. The molecule has 1 aromatic carbocycles. The van der Waals surface area contributed by atoms with Crippen LogP contribution in [0.2, 0.25) is 5.02 Å². The lowest BCUT2D eigenvalue weighted by Gasteiger charge is -2.40. The lowest BCUT2D eigenvalue weighted by Crippen LogP contribution is -2.39. The molecular weight excluding hydrogens is 262 g/mol. The first-order chi connectivity index (χ1) is 9.08. The lowest BCUT2D eigenvalue weighted by atomic mass is 9.80. The molecule has 1 aliphatic carbocycles. The zero-order valence-electron chi connectivity index (χ0n) is 10.8. The number of rotatable bonds is 2. The molecule has 1 aromatic rings. The van der Waals surface area contributed by atoms with E-state index in [0.717, 1.165) is 30.6 Å². The maximum Gasteiger partial charge on any atom is 0.218 e. The van der Waals surface area contributed by atoms with Gasteiger partial charge >= 0.3 is 0 Å². The molecule has 4 heteroatoms. The Kier molecular flexibility index (Phi) is 3.17. The summed E-state index contributed by atoms with van der Waals surface area (Å²) in [7, 11) is 0. The van der Waals surface area contributed by atoms with E-state index in [1.54, 1.807) is 0 Å². The predicted molar refractivity (Wildman–Crippen MR) is 74.4 cm³/mol. The molecule has 1 saturated carbocycles. The molecule has 0 bridgehead atoms. The molecule has 1 heterocycles. The van der Waals surface area contributed by atoms with Crippen molar-refractivity contribution < 1.29 is 9.53 Å². The van der Waals surface area contributed by atoms with Gasteiger partial charge in [0.25, 0.3) is 0 Å². The molecule has 2 aliphatic rings. The van der Waals surface area contributed by atoms with Crippen LogP contribution in [0, 0.1) is 0 Å². The van der Waals surface area contributed by atoms with Crippen LogP contribution in [0.3, 0.4) is 0 Å². The highest BCUT2D eigenvalue weighted by atomic mass is 35.5. The van der Waals surface area contributed by atoms with Gasteiger partial charge in [-0.1, -0.05) is 11.6 Å². The van der Waals surface area contributed by atoms with Gasteiger partial charge in [0, 0.05) is 17.4 Å². The summed E-state index contributed by atoms with van der Waals surface area (Å²) >= 11 is 6.06. The highest BCUT2D eigenvalue weighted by Gasteiger charge is 2.43. The van der Waals surface area contributed by atoms with Crippen molar-refractivity contribution in [2.24, 2.45) is 5.73 Å². The van der Waals surface area contributed by atoms with E-state index < -0.39 is 0 Å². The highest BCUT2D eigenvalue weighted by molar-refractivity contribution is 6.30.